The molecule has 2 saturated heterocycles. The minimum atomic E-state index is -0.339. The van der Waals surface area contributed by atoms with E-state index in [1.165, 1.54) is 0 Å². The predicted octanol–water partition coefficient (Wildman–Crippen LogP) is 4.46. The van der Waals surface area contributed by atoms with E-state index < -0.39 is 0 Å². The molecule has 2 heterocycles. The van der Waals surface area contributed by atoms with Crippen LogP contribution in [0.5, 0.6) is 0 Å². The van der Waals surface area contributed by atoms with Crippen molar-refractivity contribution < 1.29 is 9.59 Å². The van der Waals surface area contributed by atoms with Crippen molar-refractivity contribution in [1.29, 1.82) is 0 Å². The zero-order chi connectivity index (χ0) is 22.8. The quantitative estimate of drug-likeness (QED) is 0.657. The molecule has 0 bridgehead atoms. The van der Waals surface area contributed by atoms with Gasteiger partial charge < -0.3 is 9.80 Å². The Balaban J connectivity index is 1.70. The van der Waals surface area contributed by atoms with Crippen LogP contribution in [0.3, 0.4) is 0 Å². The maximum atomic E-state index is 13.8. The first-order chi connectivity index (χ1) is 15.3. The van der Waals surface area contributed by atoms with Crippen molar-refractivity contribution in [3.63, 3.8) is 0 Å². The van der Waals surface area contributed by atoms with E-state index >= 15 is 0 Å². The molecule has 2 aromatic rings. The Hall–Kier alpha value is -1.92. The van der Waals surface area contributed by atoms with Crippen LogP contribution in [0.2, 0.25) is 10.0 Å². The lowest BCUT2D eigenvalue weighted by molar-refractivity contribution is -0.147. The van der Waals surface area contributed by atoms with Crippen LogP contribution in [0.15, 0.2) is 48.5 Å². The first-order valence-electron chi connectivity index (χ1n) is 11.1. The molecular formula is C25H29Cl2N3O2. The van der Waals surface area contributed by atoms with Gasteiger partial charge in [0.2, 0.25) is 5.91 Å². The van der Waals surface area contributed by atoms with Gasteiger partial charge in [-0.25, -0.2) is 0 Å². The van der Waals surface area contributed by atoms with Gasteiger partial charge in [0.05, 0.1) is 18.6 Å². The van der Waals surface area contributed by atoms with Gasteiger partial charge in [0.25, 0.3) is 0 Å². The molecule has 32 heavy (non-hydrogen) atoms. The maximum absolute atomic E-state index is 13.8. The second kappa shape index (κ2) is 9.92. The first kappa shape index (κ1) is 23.2. The summed E-state index contributed by atoms with van der Waals surface area (Å²) in [6.07, 6.45) is 0.307. The van der Waals surface area contributed by atoms with Gasteiger partial charge in [-0.1, -0.05) is 54.4 Å². The number of hydrogen-bond donors (Lipinski definition) is 0. The minimum absolute atomic E-state index is 0.0498. The van der Waals surface area contributed by atoms with E-state index in [0.717, 1.165) is 37.3 Å². The zero-order valence-electron chi connectivity index (χ0n) is 18.5. The van der Waals surface area contributed by atoms with Gasteiger partial charge in [-0.2, -0.15) is 0 Å². The average Bonchev–Trinajstić information content (AvgIpc) is 2.78. The van der Waals surface area contributed by atoms with E-state index in [9.17, 15) is 9.59 Å². The van der Waals surface area contributed by atoms with Crippen molar-refractivity contribution >= 4 is 34.9 Å². The minimum Gasteiger partial charge on any atom is -0.326 e. The van der Waals surface area contributed by atoms with Crippen LogP contribution in [-0.4, -0.2) is 66.2 Å². The molecular weight excluding hydrogens is 445 g/mol. The summed E-state index contributed by atoms with van der Waals surface area (Å²) in [5, 5.41) is 1.27. The molecule has 7 heteroatoms. The van der Waals surface area contributed by atoms with Crippen molar-refractivity contribution in [3.8, 4) is 0 Å². The number of piperazine rings is 1. The van der Waals surface area contributed by atoms with Crippen molar-refractivity contribution in [2.75, 3.05) is 39.8 Å². The number of carbonyl (C=O) groups is 2. The zero-order valence-corrected chi connectivity index (χ0v) is 20.0. The van der Waals surface area contributed by atoms with Crippen LogP contribution in [-0.2, 0) is 9.59 Å². The normalized spacial score (nSPS) is 25.2. The molecule has 2 aliphatic heterocycles. The van der Waals surface area contributed by atoms with E-state index in [4.69, 9.17) is 23.2 Å². The molecule has 4 rings (SSSR count). The molecule has 2 fully saturated rings. The number of nitrogens with zero attached hydrogens (tertiary/aromatic N) is 3. The summed E-state index contributed by atoms with van der Waals surface area (Å²) < 4.78 is 0. The molecule has 3 unspecified atom stereocenters. The van der Waals surface area contributed by atoms with E-state index in [2.05, 4.69) is 16.8 Å². The van der Waals surface area contributed by atoms with Crippen LogP contribution in [0, 0.1) is 5.92 Å². The number of hydrogen-bond acceptors (Lipinski definition) is 4. The molecule has 170 valence electrons. The molecule has 3 atom stereocenters. The fourth-order valence-corrected chi connectivity index (χ4v) is 5.02. The topological polar surface area (TPSA) is 43.9 Å². The third-order valence-electron chi connectivity index (χ3n) is 6.72. The summed E-state index contributed by atoms with van der Waals surface area (Å²) >= 11 is 12.2. The Bertz CT molecular complexity index is 956. The van der Waals surface area contributed by atoms with Crippen LogP contribution in [0.25, 0.3) is 0 Å². The van der Waals surface area contributed by atoms with Gasteiger partial charge in [-0.05, 0) is 42.4 Å². The number of carbonyl (C=O) groups excluding carboxylic acids is 2. The summed E-state index contributed by atoms with van der Waals surface area (Å²) in [4.78, 5) is 33.3. The Morgan fingerprint density at radius 2 is 1.44 bits per heavy atom. The van der Waals surface area contributed by atoms with E-state index in [1.54, 1.807) is 0 Å². The molecule has 0 N–H and O–H groups in total. The Kier molecular flexibility index (Phi) is 7.21. The van der Waals surface area contributed by atoms with Gasteiger partial charge in [-0.3, -0.25) is 14.5 Å². The molecule has 2 aromatic carbocycles. The lowest BCUT2D eigenvalue weighted by atomic mass is 9.80. The standard InChI is InChI=1S/C25H29Cl2N3O2/c1-17-23(31)15-22(18-3-7-20(26)8-4-18)30(25(17)19-5-9-21(27)10-6-19)24(32)16-29-13-11-28(2)12-14-29/h3-10,17,22,25H,11-16H2,1-2H3. The van der Waals surface area contributed by atoms with Crippen molar-refractivity contribution in [3.05, 3.63) is 69.7 Å². The second-order valence-corrected chi connectivity index (χ2v) is 9.78. The molecule has 5 nitrogen and oxygen atoms in total. The first-order valence-corrected chi connectivity index (χ1v) is 11.8. The number of rotatable bonds is 4. The number of Topliss-reactive ketones (excluding diaryl/α,β-unsaturated/α-hetero) is 1. The van der Waals surface area contributed by atoms with Crippen LogP contribution >= 0.6 is 23.2 Å². The highest BCUT2D eigenvalue weighted by Crippen LogP contribution is 2.43. The SMILES string of the molecule is CC1C(=O)CC(c2ccc(Cl)cc2)N(C(=O)CN2CCN(C)CC2)C1c1ccc(Cl)cc1. The Morgan fingerprint density at radius 1 is 0.906 bits per heavy atom. The van der Waals surface area contributed by atoms with Gasteiger partial charge >= 0.3 is 0 Å². The highest BCUT2D eigenvalue weighted by molar-refractivity contribution is 6.30. The third kappa shape index (κ3) is 5.01. The van der Waals surface area contributed by atoms with Gasteiger partial charge in [0.15, 0.2) is 0 Å². The third-order valence-corrected chi connectivity index (χ3v) is 7.22. The summed E-state index contributed by atoms with van der Waals surface area (Å²) in [7, 11) is 2.10. The van der Waals surface area contributed by atoms with E-state index in [-0.39, 0.29) is 29.7 Å². The number of likely N-dealkylation sites (tertiary alicyclic amines) is 1. The number of amides is 1. The summed E-state index contributed by atoms with van der Waals surface area (Å²) in [5.41, 5.74) is 1.86. The molecule has 0 radical (unpaired) electrons. The van der Waals surface area contributed by atoms with E-state index in [1.807, 2.05) is 60.4 Å². The number of halogens is 2. The van der Waals surface area contributed by atoms with E-state index in [0.29, 0.717) is 23.0 Å². The molecule has 0 saturated carbocycles. The number of likely N-dealkylation sites (N-methyl/N-ethyl adjacent to an activating group) is 1. The number of ketones is 1. The molecule has 1 amide bonds. The summed E-state index contributed by atoms with van der Waals surface area (Å²) in [6, 6.07) is 14.3. The predicted molar refractivity (Wildman–Crippen MR) is 128 cm³/mol. The lowest BCUT2D eigenvalue weighted by Gasteiger charge is -2.46. The van der Waals surface area contributed by atoms with Crippen molar-refractivity contribution in [2.45, 2.75) is 25.4 Å². The average molecular weight is 474 g/mol. The van der Waals surface area contributed by atoms with Gasteiger partial charge in [0.1, 0.15) is 5.78 Å². The molecule has 2 aliphatic rings. The molecule has 0 spiro atoms. The van der Waals surface area contributed by atoms with Gasteiger partial charge in [0, 0.05) is 48.6 Å². The Morgan fingerprint density at radius 3 is 2.00 bits per heavy atom. The fraction of sp³-hybridized carbons (Fsp3) is 0.440. The van der Waals surface area contributed by atoms with Crippen LogP contribution in [0.4, 0.5) is 0 Å². The highest BCUT2D eigenvalue weighted by Gasteiger charge is 2.44. The fourth-order valence-electron chi connectivity index (χ4n) is 4.77. The smallest absolute Gasteiger partial charge is 0.237 e. The largest absolute Gasteiger partial charge is 0.326 e. The van der Waals surface area contributed by atoms with Gasteiger partial charge in [-0.15, -0.1) is 0 Å². The number of benzene rings is 2. The van der Waals surface area contributed by atoms with Crippen LogP contribution < -0.4 is 0 Å². The monoisotopic (exact) mass is 473 g/mol. The summed E-state index contributed by atoms with van der Waals surface area (Å²) in [6.45, 7) is 5.90. The maximum Gasteiger partial charge on any atom is 0.237 e. The molecule has 0 aliphatic carbocycles. The lowest BCUT2D eigenvalue weighted by Crippen LogP contribution is -2.53. The number of piperidine rings is 1. The molecule has 0 aromatic heterocycles. The van der Waals surface area contributed by atoms with Crippen molar-refractivity contribution in [1.82, 2.24) is 14.7 Å². The summed E-state index contributed by atoms with van der Waals surface area (Å²) in [5.74, 6) is -0.0847. The van der Waals surface area contributed by atoms with Crippen molar-refractivity contribution in [2.24, 2.45) is 5.92 Å². The highest BCUT2D eigenvalue weighted by atomic mass is 35.5. The second-order valence-electron chi connectivity index (χ2n) is 8.90. The Labute approximate surface area is 199 Å². The van der Waals surface area contributed by atoms with Crippen LogP contribution in [0.1, 0.15) is 36.6 Å².